The number of rotatable bonds is 14. The highest BCUT2D eigenvalue weighted by molar-refractivity contribution is 5.76. The number of para-hydroxylation sites is 2. The molecule has 0 bridgehead atoms. The van der Waals surface area contributed by atoms with Crippen LogP contribution >= 0.6 is 0 Å². The van der Waals surface area contributed by atoms with Gasteiger partial charge < -0.3 is 24.2 Å². The molecule has 0 amide bonds. The molecule has 0 spiro atoms. The first kappa shape index (κ1) is 40.4. The lowest BCUT2D eigenvalue weighted by Gasteiger charge is -2.43. The van der Waals surface area contributed by atoms with Crippen LogP contribution in [0.2, 0.25) is 0 Å². The molecule has 0 aromatic heterocycles. The second kappa shape index (κ2) is 16.6. The van der Waals surface area contributed by atoms with Crippen molar-refractivity contribution in [2.24, 2.45) is 0 Å². The van der Waals surface area contributed by atoms with Crippen LogP contribution in [0.4, 0.5) is 22.7 Å². The number of hydrogen-bond donors (Lipinski definition) is 0. The van der Waals surface area contributed by atoms with E-state index >= 15 is 0 Å². The molecule has 5 nitrogen and oxygen atoms in total. The Kier molecular flexibility index (Phi) is 11.7. The maximum Gasteiger partial charge on any atom is 0.0651 e. The van der Waals surface area contributed by atoms with E-state index in [2.05, 4.69) is 185 Å². The molecule has 0 saturated carbocycles. The molecule has 0 fully saturated rings. The highest BCUT2D eigenvalue weighted by atomic mass is 16.5. The van der Waals surface area contributed by atoms with Gasteiger partial charge in [0.15, 0.2) is 0 Å². The lowest BCUT2D eigenvalue weighted by Crippen LogP contribution is -2.52. The smallest absolute Gasteiger partial charge is 0.0651 e. The van der Waals surface area contributed by atoms with E-state index in [4.69, 9.17) is 9.47 Å². The van der Waals surface area contributed by atoms with Crippen molar-refractivity contribution in [2.75, 3.05) is 55.2 Å². The summed E-state index contributed by atoms with van der Waals surface area (Å²) in [4.78, 5) is 7.66. The van der Waals surface area contributed by atoms with Gasteiger partial charge in [-0.1, -0.05) is 118 Å². The summed E-state index contributed by atoms with van der Waals surface area (Å²) in [7, 11) is 3.60. The van der Waals surface area contributed by atoms with Gasteiger partial charge in [-0.3, -0.25) is 0 Å². The van der Waals surface area contributed by atoms with Crippen molar-refractivity contribution < 1.29 is 9.47 Å². The van der Waals surface area contributed by atoms with E-state index in [1.807, 2.05) is 0 Å². The van der Waals surface area contributed by atoms with E-state index < -0.39 is 0 Å². The van der Waals surface area contributed by atoms with Gasteiger partial charge >= 0.3 is 0 Å². The maximum atomic E-state index is 5.56. The zero-order chi connectivity index (χ0) is 40.4. The van der Waals surface area contributed by atoms with E-state index in [0.29, 0.717) is 0 Å². The molecule has 1 atom stereocenters. The summed E-state index contributed by atoms with van der Waals surface area (Å²) in [5, 5.41) is 0. The molecule has 3 aliphatic rings. The molecular formula is C52H63N3O2. The van der Waals surface area contributed by atoms with Gasteiger partial charge in [0.1, 0.15) is 0 Å². The molecule has 2 heterocycles. The standard InChI is InChI=1S/C52H63N3O2/c1-38-22-27-46-44(36-38)50(3,4)48(53(46)32-16-34-56-8)29-26-40-24-25-41(49(40)55(42-18-12-10-13-19-42)43-20-14-11-15-21-43)30-31-52(7)51(5,6)45-37-39(2)23-28-47(45)54(52)33-17-35-57-9/h10-15,18-23,26-31,36-37H,16-17,24-25,32-35H2,1-9H3/b31-30+,40-26+,48-29+. The van der Waals surface area contributed by atoms with Crippen LogP contribution in [0.15, 0.2) is 144 Å². The van der Waals surface area contributed by atoms with Crippen molar-refractivity contribution in [3.8, 4) is 0 Å². The van der Waals surface area contributed by atoms with Crippen LogP contribution < -0.4 is 14.7 Å². The third kappa shape index (κ3) is 7.53. The Bertz CT molecular complexity index is 2140. The number of aryl methyl sites for hydroxylation is 2. The topological polar surface area (TPSA) is 28.2 Å². The Morgan fingerprint density at radius 2 is 1.25 bits per heavy atom. The van der Waals surface area contributed by atoms with Crippen molar-refractivity contribution in [2.45, 2.75) is 90.5 Å². The van der Waals surface area contributed by atoms with Crippen molar-refractivity contribution in [3.63, 3.8) is 0 Å². The zero-order valence-electron chi connectivity index (χ0n) is 35.9. The van der Waals surface area contributed by atoms with E-state index in [-0.39, 0.29) is 16.4 Å². The Labute approximate surface area is 343 Å². The van der Waals surface area contributed by atoms with Crippen LogP contribution in [0.25, 0.3) is 0 Å². The van der Waals surface area contributed by atoms with Gasteiger partial charge in [0.05, 0.1) is 11.2 Å². The third-order valence-corrected chi connectivity index (χ3v) is 13.0. The molecule has 0 radical (unpaired) electrons. The van der Waals surface area contributed by atoms with Crippen LogP contribution in [-0.4, -0.2) is 46.1 Å². The van der Waals surface area contributed by atoms with Crippen LogP contribution in [0.3, 0.4) is 0 Å². The molecule has 1 unspecified atom stereocenters. The Balaban J connectivity index is 1.39. The van der Waals surface area contributed by atoms with Gasteiger partial charge in [0, 0.05) is 79.8 Å². The predicted octanol–water partition coefficient (Wildman–Crippen LogP) is 12.3. The quantitative estimate of drug-likeness (QED) is 0.119. The number of anilines is 4. The van der Waals surface area contributed by atoms with Crippen LogP contribution in [0.1, 0.15) is 82.6 Å². The number of nitrogens with zero attached hydrogens (tertiary/aromatic N) is 3. The summed E-state index contributed by atoms with van der Waals surface area (Å²) in [6.45, 7) is 19.8. The predicted molar refractivity (Wildman–Crippen MR) is 241 cm³/mol. The number of hydrogen-bond acceptors (Lipinski definition) is 5. The first-order valence-electron chi connectivity index (χ1n) is 20.9. The molecule has 1 aliphatic carbocycles. The maximum absolute atomic E-state index is 5.56. The summed E-state index contributed by atoms with van der Waals surface area (Å²) in [5.74, 6) is 0. The number of methoxy groups -OCH3 is 2. The van der Waals surface area contributed by atoms with Gasteiger partial charge in [-0.05, 0) is 111 Å². The zero-order valence-corrected chi connectivity index (χ0v) is 35.9. The molecule has 7 rings (SSSR count). The van der Waals surface area contributed by atoms with Gasteiger partial charge in [0.25, 0.3) is 0 Å². The lowest BCUT2D eigenvalue weighted by atomic mass is 9.70. The highest BCUT2D eigenvalue weighted by Gasteiger charge is 2.52. The van der Waals surface area contributed by atoms with E-state index in [1.54, 1.807) is 14.2 Å². The molecular weight excluding hydrogens is 699 g/mol. The molecule has 298 valence electrons. The Morgan fingerprint density at radius 1 is 0.667 bits per heavy atom. The van der Waals surface area contributed by atoms with Crippen molar-refractivity contribution in [1.82, 2.24) is 0 Å². The van der Waals surface area contributed by atoms with E-state index in [0.717, 1.165) is 63.4 Å². The molecule has 5 heteroatoms. The molecule has 4 aromatic rings. The van der Waals surface area contributed by atoms with Crippen LogP contribution in [-0.2, 0) is 20.3 Å². The SMILES string of the molecule is COCCCN1/C(=C/C=C2\CCC(/C=C/C3(C)N(CCCOC)c4ccc(C)cc4C3(C)C)=C2N(c2ccccc2)c2ccccc2)C(C)(C)c2cc(C)ccc21. The molecule has 0 N–H and O–H groups in total. The molecule has 4 aromatic carbocycles. The molecule has 2 aliphatic heterocycles. The number of ether oxygens (including phenoxy) is 2. The minimum atomic E-state index is -0.256. The third-order valence-electron chi connectivity index (χ3n) is 13.0. The minimum absolute atomic E-state index is 0.118. The highest BCUT2D eigenvalue weighted by Crippen LogP contribution is 2.54. The second-order valence-electron chi connectivity index (χ2n) is 17.4. The van der Waals surface area contributed by atoms with Crippen LogP contribution in [0.5, 0.6) is 0 Å². The monoisotopic (exact) mass is 761 g/mol. The Morgan fingerprint density at radius 3 is 1.86 bits per heavy atom. The number of allylic oxidation sites excluding steroid dienone is 6. The fourth-order valence-electron chi connectivity index (χ4n) is 9.49. The van der Waals surface area contributed by atoms with Gasteiger partial charge in [-0.15, -0.1) is 0 Å². The summed E-state index contributed by atoms with van der Waals surface area (Å²) in [5.41, 5.74) is 15.2. The molecule has 0 saturated heterocycles. The summed E-state index contributed by atoms with van der Waals surface area (Å²) in [6.07, 6.45) is 13.7. The summed E-state index contributed by atoms with van der Waals surface area (Å²) < 4.78 is 11.1. The fraction of sp³-hybridized carbons (Fsp3) is 0.385. The van der Waals surface area contributed by atoms with E-state index in [1.165, 1.54) is 56.2 Å². The minimum Gasteiger partial charge on any atom is -0.385 e. The van der Waals surface area contributed by atoms with Crippen LogP contribution in [0, 0.1) is 13.8 Å². The van der Waals surface area contributed by atoms with Crippen molar-refractivity contribution >= 4 is 22.7 Å². The van der Waals surface area contributed by atoms with E-state index in [9.17, 15) is 0 Å². The van der Waals surface area contributed by atoms with Gasteiger partial charge in [-0.2, -0.15) is 0 Å². The summed E-state index contributed by atoms with van der Waals surface area (Å²) >= 11 is 0. The van der Waals surface area contributed by atoms with Gasteiger partial charge in [-0.25, -0.2) is 0 Å². The average Bonchev–Trinajstić information content (AvgIpc) is 3.74. The molecule has 57 heavy (non-hydrogen) atoms. The lowest BCUT2D eigenvalue weighted by molar-refractivity contribution is 0.193. The number of benzene rings is 4. The fourth-order valence-corrected chi connectivity index (χ4v) is 9.49. The first-order valence-corrected chi connectivity index (χ1v) is 20.9. The largest absolute Gasteiger partial charge is 0.385 e. The summed E-state index contributed by atoms with van der Waals surface area (Å²) in [6, 6.07) is 35.7. The number of fused-ring (bicyclic) bond motifs is 2. The second-order valence-corrected chi connectivity index (χ2v) is 17.4. The normalized spacial score (nSPS) is 21.0. The average molecular weight is 762 g/mol. The Hall–Kier alpha value is -4.84. The van der Waals surface area contributed by atoms with Crippen molar-refractivity contribution in [1.29, 1.82) is 0 Å². The first-order chi connectivity index (χ1) is 27.4. The van der Waals surface area contributed by atoms with Crippen molar-refractivity contribution in [3.05, 3.63) is 166 Å². The van der Waals surface area contributed by atoms with Gasteiger partial charge in [0.2, 0.25) is 0 Å².